The van der Waals surface area contributed by atoms with Gasteiger partial charge in [0.25, 0.3) is 10.0 Å². The van der Waals surface area contributed by atoms with Gasteiger partial charge in [0.1, 0.15) is 17.3 Å². The van der Waals surface area contributed by atoms with Crippen molar-refractivity contribution in [2.75, 3.05) is 4.72 Å². The summed E-state index contributed by atoms with van der Waals surface area (Å²) in [4.78, 5) is -0.228. The molecule has 0 fully saturated rings. The third-order valence-corrected chi connectivity index (χ3v) is 6.91. The molecule has 0 aromatic heterocycles. The maximum atomic E-state index is 13.7. The Morgan fingerprint density at radius 3 is 2.18 bits per heavy atom. The standard InChI is InChI=1S/C26H18FNO4S/c27-17-7-5-8-18(14-17)33(31,32)28-23-15-22(26(30)21-11-4-3-10-20(21)23)25-19-9-2-1-6-16(19)12-13-24(25)29/h1-15,28-30H. The SMILES string of the molecule is O=S(=O)(Nc1cc(-c2c(O)ccc3ccccc23)c(O)c2ccccc12)c1cccc(F)c1. The number of aromatic hydroxyl groups is 2. The van der Waals surface area contributed by atoms with E-state index in [2.05, 4.69) is 4.72 Å². The topological polar surface area (TPSA) is 86.6 Å². The van der Waals surface area contributed by atoms with Crippen molar-refractivity contribution in [1.82, 2.24) is 0 Å². The highest BCUT2D eigenvalue weighted by Crippen LogP contribution is 2.46. The minimum Gasteiger partial charge on any atom is -0.507 e. The van der Waals surface area contributed by atoms with Gasteiger partial charge in [0.05, 0.1) is 10.6 Å². The lowest BCUT2D eigenvalue weighted by atomic mass is 9.93. The van der Waals surface area contributed by atoms with E-state index >= 15 is 0 Å². The van der Waals surface area contributed by atoms with Crippen molar-refractivity contribution < 1.29 is 23.0 Å². The molecule has 7 heteroatoms. The van der Waals surface area contributed by atoms with Crippen molar-refractivity contribution in [2.24, 2.45) is 0 Å². The summed E-state index contributed by atoms with van der Waals surface area (Å²) in [6, 6.07) is 23.6. The third-order valence-electron chi connectivity index (χ3n) is 5.54. The van der Waals surface area contributed by atoms with E-state index in [9.17, 15) is 23.0 Å². The van der Waals surface area contributed by atoms with Crippen molar-refractivity contribution in [3.63, 3.8) is 0 Å². The number of nitrogens with one attached hydrogen (secondary N) is 1. The van der Waals surface area contributed by atoms with Crippen LogP contribution in [0.2, 0.25) is 0 Å². The van der Waals surface area contributed by atoms with Crippen LogP contribution in [-0.2, 0) is 10.0 Å². The summed E-state index contributed by atoms with van der Waals surface area (Å²) in [6.07, 6.45) is 0. The smallest absolute Gasteiger partial charge is 0.262 e. The van der Waals surface area contributed by atoms with Crippen LogP contribution in [0.4, 0.5) is 10.1 Å². The van der Waals surface area contributed by atoms with E-state index in [0.717, 1.165) is 17.5 Å². The molecule has 164 valence electrons. The molecule has 0 bridgehead atoms. The first-order valence-corrected chi connectivity index (χ1v) is 11.6. The Morgan fingerprint density at radius 2 is 1.42 bits per heavy atom. The Kier molecular flexibility index (Phi) is 4.91. The van der Waals surface area contributed by atoms with Gasteiger partial charge in [-0.2, -0.15) is 0 Å². The molecule has 0 aliphatic heterocycles. The molecule has 0 aliphatic rings. The van der Waals surface area contributed by atoms with E-state index in [4.69, 9.17) is 0 Å². The predicted molar refractivity (Wildman–Crippen MR) is 127 cm³/mol. The van der Waals surface area contributed by atoms with Crippen LogP contribution in [-0.4, -0.2) is 18.6 Å². The zero-order valence-electron chi connectivity index (χ0n) is 17.2. The van der Waals surface area contributed by atoms with E-state index in [1.54, 1.807) is 30.3 Å². The fraction of sp³-hybridized carbons (Fsp3) is 0. The van der Waals surface area contributed by atoms with E-state index in [-0.39, 0.29) is 27.6 Å². The highest BCUT2D eigenvalue weighted by atomic mass is 32.2. The molecule has 33 heavy (non-hydrogen) atoms. The van der Waals surface area contributed by atoms with Crippen LogP contribution in [0.15, 0.2) is 95.9 Å². The van der Waals surface area contributed by atoms with Gasteiger partial charge in [-0.1, -0.05) is 60.7 Å². The second kappa shape index (κ2) is 7.79. The summed E-state index contributed by atoms with van der Waals surface area (Å²) in [5.41, 5.74) is 0.831. The molecule has 0 radical (unpaired) electrons. The first-order chi connectivity index (χ1) is 15.8. The van der Waals surface area contributed by atoms with Gasteiger partial charge in [-0.15, -0.1) is 0 Å². The molecule has 0 heterocycles. The average Bonchev–Trinajstić information content (AvgIpc) is 2.81. The lowest BCUT2D eigenvalue weighted by Crippen LogP contribution is -2.13. The fourth-order valence-electron chi connectivity index (χ4n) is 4.02. The largest absolute Gasteiger partial charge is 0.507 e. The lowest BCUT2D eigenvalue weighted by molar-refractivity contribution is 0.472. The summed E-state index contributed by atoms with van der Waals surface area (Å²) in [6.45, 7) is 0. The Balaban J connectivity index is 1.78. The summed E-state index contributed by atoms with van der Waals surface area (Å²) in [5.74, 6) is -0.820. The number of fused-ring (bicyclic) bond motifs is 2. The molecule has 0 saturated heterocycles. The summed E-state index contributed by atoms with van der Waals surface area (Å²) < 4.78 is 42.2. The van der Waals surface area contributed by atoms with Crippen molar-refractivity contribution >= 4 is 37.3 Å². The molecule has 0 unspecified atom stereocenters. The Morgan fingerprint density at radius 1 is 0.727 bits per heavy atom. The van der Waals surface area contributed by atoms with Gasteiger partial charge in [0.2, 0.25) is 0 Å². The number of hydrogen-bond donors (Lipinski definition) is 3. The van der Waals surface area contributed by atoms with Gasteiger partial charge in [0, 0.05) is 21.9 Å². The number of hydrogen-bond acceptors (Lipinski definition) is 4. The molecule has 5 aromatic carbocycles. The molecule has 5 aromatic rings. The zero-order valence-corrected chi connectivity index (χ0v) is 18.0. The molecule has 3 N–H and O–H groups in total. The van der Waals surface area contributed by atoms with Crippen molar-refractivity contribution in [1.29, 1.82) is 0 Å². The Bertz CT molecular complexity index is 1650. The first-order valence-electron chi connectivity index (χ1n) is 10.1. The van der Waals surface area contributed by atoms with Crippen LogP contribution < -0.4 is 4.72 Å². The number of phenols is 2. The van der Waals surface area contributed by atoms with Gasteiger partial charge >= 0.3 is 0 Å². The summed E-state index contributed by atoms with van der Waals surface area (Å²) >= 11 is 0. The zero-order chi connectivity index (χ0) is 23.2. The number of sulfonamides is 1. The number of phenolic OH excluding ortho intramolecular Hbond substituents is 2. The molecule has 0 spiro atoms. The molecule has 5 rings (SSSR count). The lowest BCUT2D eigenvalue weighted by Gasteiger charge is -2.17. The molecule has 0 atom stereocenters. The van der Waals surface area contributed by atoms with Gasteiger partial charge in [-0.25, -0.2) is 12.8 Å². The van der Waals surface area contributed by atoms with Gasteiger partial charge < -0.3 is 10.2 Å². The van der Waals surface area contributed by atoms with Crippen LogP contribution in [0, 0.1) is 5.82 Å². The molecule has 0 aliphatic carbocycles. The van der Waals surface area contributed by atoms with E-state index < -0.39 is 15.8 Å². The van der Waals surface area contributed by atoms with Crippen molar-refractivity contribution in [3.05, 3.63) is 96.8 Å². The highest BCUT2D eigenvalue weighted by molar-refractivity contribution is 7.92. The monoisotopic (exact) mass is 459 g/mol. The number of benzene rings is 5. The third kappa shape index (κ3) is 3.62. The van der Waals surface area contributed by atoms with Gasteiger partial charge in [-0.05, 0) is 41.1 Å². The second-order valence-electron chi connectivity index (χ2n) is 7.61. The maximum Gasteiger partial charge on any atom is 0.262 e. The number of halogens is 1. The van der Waals surface area contributed by atoms with Crippen LogP contribution >= 0.6 is 0 Å². The normalized spacial score (nSPS) is 11.7. The number of rotatable bonds is 4. The molecular formula is C26H18FNO4S. The predicted octanol–water partition coefficient (Wildman–Crippen LogP) is 6.01. The molecular weight excluding hydrogens is 441 g/mol. The minimum atomic E-state index is -4.13. The maximum absolute atomic E-state index is 13.7. The first kappa shape index (κ1) is 20.8. The van der Waals surface area contributed by atoms with E-state index in [0.29, 0.717) is 21.7 Å². The summed E-state index contributed by atoms with van der Waals surface area (Å²) in [5, 5.41) is 24.2. The quantitative estimate of drug-likeness (QED) is 0.287. The van der Waals surface area contributed by atoms with Crippen LogP contribution in [0.25, 0.3) is 32.7 Å². The van der Waals surface area contributed by atoms with E-state index in [1.807, 2.05) is 24.3 Å². The van der Waals surface area contributed by atoms with Crippen LogP contribution in [0.5, 0.6) is 11.5 Å². The average molecular weight is 459 g/mol. The van der Waals surface area contributed by atoms with Gasteiger partial charge in [0.15, 0.2) is 0 Å². The molecule has 5 nitrogen and oxygen atoms in total. The van der Waals surface area contributed by atoms with Crippen LogP contribution in [0.1, 0.15) is 0 Å². The van der Waals surface area contributed by atoms with Gasteiger partial charge in [-0.3, -0.25) is 4.72 Å². The molecule has 0 amide bonds. The van der Waals surface area contributed by atoms with Crippen LogP contribution in [0.3, 0.4) is 0 Å². The van der Waals surface area contributed by atoms with Crippen molar-refractivity contribution in [3.8, 4) is 22.6 Å². The number of anilines is 1. The highest BCUT2D eigenvalue weighted by Gasteiger charge is 2.21. The Labute approximate surface area is 189 Å². The summed E-state index contributed by atoms with van der Waals surface area (Å²) in [7, 11) is -4.13. The van der Waals surface area contributed by atoms with Crippen molar-refractivity contribution in [2.45, 2.75) is 4.90 Å². The Hall–Kier alpha value is -4.10. The minimum absolute atomic E-state index is 0.0572. The second-order valence-corrected chi connectivity index (χ2v) is 9.29. The fourth-order valence-corrected chi connectivity index (χ4v) is 5.12. The van der Waals surface area contributed by atoms with E-state index in [1.165, 1.54) is 24.3 Å². The molecule has 0 saturated carbocycles.